The molecule has 7 heteroatoms. The highest BCUT2D eigenvalue weighted by atomic mass is 32.2. The maximum atomic E-state index is 12.3. The van der Waals surface area contributed by atoms with E-state index in [4.69, 9.17) is 0 Å². The second-order valence-corrected chi connectivity index (χ2v) is 7.10. The van der Waals surface area contributed by atoms with E-state index in [0.717, 1.165) is 36.7 Å². The largest absolute Gasteiger partial charge is 0.341 e. The lowest BCUT2D eigenvalue weighted by molar-refractivity contribution is 0.414. The Labute approximate surface area is 124 Å². The summed E-state index contributed by atoms with van der Waals surface area (Å²) in [7, 11) is -3.42. The molecule has 21 heavy (non-hydrogen) atoms. The van der Waals surface area contributed by atoms with Gasteiger partial charge in [0.15, 0.2) is 0 Å². The lowest BCUT2D eigenvalue weighted by Crippen LogP contribution is -2.41. The number of imidazole rings is 1. The van der Waals surface area contributed by atoms with Gasteiger partial charge in [-0.3, -0.25) is 0 Å². The first-order valence-electron chi connectivity index (χ1n) is 7.33. The van der Waals surface area contributed by atoms with Crippen LogP contribution in [0.1, 0.15) is 31.5 Å². The van der Waals surface area contributed by atoms with Crippen LogP contribution < -0.4 is 4.72 Å². The highest BCUT2D eigenvalue weighted by Crippen LogP contribution is 2.13. The molecule has 0 saturated carbocycles. The Bertz CT molecular complexity index is 670. The number of aromatic amines is 1. The average molecular weight is 308 g/mol. The van der Waals surface area contributed by atoms with Crippen molar-refractivity contribution < 1.29 is 8.42 Å². The Morgan fingerprint density at radius 3 is 2.57 bits per heavy atom. The lowest BCUT2D eigenvalue weighted by atomic mass is 10.2. The van der Waals surface area contributed by atoms with Gasteiger partial charge in [0.2, 0.25) is 0 Å². The van der Waals surface area contributed by atoms with Crippen molar-refractivity contribution in [2.45, 2.75) is 32.2 Å². The molecule has 1 aromatic carbocycles. The van der Waals surface area contributed by atoms with Gasteiger partial charge in [-0.15, -0.1) is 0 Å². The van der Waals surface area contributed by atoms with Crippen LogP contribution in [0.3, 0.4) is 0 Å². The third-order valence-corrected chi connectivity index (χ3v) is 5.32. The number of nitrogens with zero attached hydrogens (tertiary/aromatic N) is 2. The maximum absolute atomic E-state index is 12.3. The maximum Gasteiger partial charge on any atom is 0.279 e. The number of nitrogens with one attached hydrogen (secondary N) is 2. The van der Waals surface area contributed by atoms with Gasteiger partial charge in [-0.1, -0.05) is 25.0 Å². The van der Waals surface area contributed by atoms with Gasteiger partial charge >= 0.3 is 0 Å². The van der Waals surface area contributed by atoms with Crippen LogP contribution in [0.2, 0.25) is 0 Å². The summed E-state index contributed by atoms with van der Waals surface area (Å²) < 4.78 is 28.8. The van der Waals surface area contributed by atoms with Crippen LogP contribution in [0, 0.1) is 0 Å². The van der Waals surface area contributed by atoms with Gasteiger partial charge in [-0.05, 0) is 25.0 Å². The normalized spacial score (nSPS) is 17.9. The fourth-order valence-corrected chi connectivity index (χ4v) is 3.86. The number of H-pyrrole nitrogens is 1. The summed E-state index contributed by atoms with van der Waals surface area (Å²) in [5.41, 5.74) is 1.77. The molecule has 2 heterocycles. The number of hydrogen-bond donors (Lipinski definition) is 2. The second kappa shape index (κ2) is 6.13. The van der Waals surface area contributed by atoms with E-state index in [9.17, 15) is 8.42 Å². The highest BCUT2D eigenvalue weighted by Gasteiger charge is 2.22. The molecule has 1 aliphatic heterocycles. The first-order chi connectivity index (χ1) is 10.1. The minimum Gasteiger partial charge on any atom is -0.341 e. The third-order valence-electron chi connectivity index (χ3n) is 3.77. The Balaban J connectivity index is 1.67. The van der Waals surface area contributed by atoms with Crippen LogP contribution in [0.5, 0.6) is 0 Å². The predicted octanol–water partition coefficient (Wildman–Crippen LogP) is 1.77. The van der Waals surface area contributed by atoms with E-state index in [1.165, 1.54) is 0 Å². The SMILES string of the molecule is O=S(=O)(NCc1nc2ccccc2[nH]1)N1CCCCCC1. The van der Waals surface area contributed by atoms with Crippen molar-refractivity contribution in [3.63, 3.8) is 0 Å². The number of hydrogen-bond acceptors (Lipinski definition) is 3. The molecule has 1 aliphatic rings. The van der Waals surface area contributed by atoms with Crippen molar-refractivity contribution in [2.24, 2.45) is 0 Å². The Kier molecular flexibility index (Phi) is 4.23. The van der Waals surface area contributed by atoms with Crippen LogP contribution in [0.25, 0.3) is 11.0 Å². The quantitative estimate of drug-likeness (QED) is 0.903. The van der Waals surface area contributed by atoms with Gasteiger partial charge in [-0.2, -0.15) is 17.4 Å². The minimum atomic E-state index is -3.42. The molecule has 1 fully saturated rings. The third kappa shape index (κ3) is 3.42. The Morgan fingerprint density at radius 1 is 1.14 bits per heavy atom. The summed E-state index contributed by atoms with van der Waals surface area (Å²) in [6, 6.07) is 7.66. The van der Waals surface area contributed by atoms with Crippen LogP contribution >= 0.6 is 0 Å². The standard InChI is InChI=1S/C14H20N4O2S/c19-21(20,18-9-5-1-2-6-10-18)15-11-14-16-12-7-3-4-8-13(12)17-14/h3-4,7-8,15H,1-2,5-6,9-11H2,(H,16,17). The van der Waals surface area contributed by atoms with E-state index in [1.807, 2.05) is 24.3 Å². The summed E-state index contributed by atoms with van der Waals surface area (Å²) in [5, 5.41) is 0. The van der Waals surface area contributed by atoms with Crippen molar-refractivity contribution in [3.8, 4) is 0 Å². The molecule has 0 atom stereocenters. The molecule has 2 aromatic rings. The summed E-state index contributed by atoms with van der Waals surface area (Å²) in [4.78, 5) is 7.51. The highest BCUT2D eigenvalue weighted by molar-refractivity contribution is 7.87. The topological polar surface area (TPSA) is 78.1 Å². The average Bonchev–Trinajstić information content (AvgIpc) is 2.69. The second-order valence-electron chi connectivity index (χ2n) is 5.34. The van der Waals surface area contributed by atoms with Crippen molar-refractivity contribution in [1.29, 1.82) is 0 Å². The molecule has 2 N–H and O–H groups in total. The van der Waals surface area contributed by atoms with E-state index >= 15 is 0 Å². The van der Waals surface area contributed by atoms with Crippen LogP contribution in [-0.4, -0.2) is 35.8 Å². The van der Waals surface area contributed by atoms with Crippen molar-refractivity contribution in [2.75, 3.05) is 13.1 Å². The monoisotopic (exact) mass is 308 g/mol. The summed E-state index contributed by atoms with van der Waals surface area (Å²) >= 11 is 0. The fraction of sp³-hybridized carbons (Fsp3) is 0.500. The summed E-state index contributed by atoms with van der Waals surface area (Å²) in [5.74, 6) is 0.634. The van der Waals surface area contributed by atoms with Gasteiger partial charge in [0.25, 0.3) is 10.2 Å². The number of fused-ring (bicyclic) bond motifs is 1. The Hall–Kier alpha value is -1.44. The van der Waals surface area contributed by atoms with Gasteiger partial charge in [0, 0.05) is 13.1 Å². The van der Waals surface area contributed by atoms with E-state index in [2.05, 4.69) is 14.7 Å². The van der Waals surface area contributed by atoms with Gasteiger partial charge in [-0.25, -0.2) is 4.98 Å². The zero-order valence-corrected chi connectivity index (χ0v) is 12.7. The van der Waals surface area contributed by atoms with Gasteiger partial charge in [0.05, 0.1) is 17.6 Å². The first-order valence-corrected chi connectivity index (χ1v) is 8.77. The zero-order chi connectivity index (χ0) is 14.7. The fourth-order valence-electron chi connectivity index (χ4n) is 2.62. The van der Waals surface area contributed by atoms with Crippen molar-refractivity contribution in [1.82, 2.24) is 19.0 Å². The van der Waals surface area contributed by atoms with E-state index < -0.39 is 10.2 Å². The molecule has 0 aliphatic carbocycles. The molecule has 1 aromatic heterocycles. The molecule has 0 unspecified atom stereocenters. The molecule has 6 nitrogen and oxygen atoms in total. The Morgan fingerprint density at radius 2 is 1.86 bits per heavy atom. The number of rotatable bonds is 4. The van der Waals surface area contributed by atoms with Crippen LogP contribution in [-0.2, 0) is 16.8 Å². The van der Waals surface area contributed by atoms with E-state index in [-0.39, 0.29) is 6.54 Å². The van der Waals surface area contributed by atoms with Crippen molar-refractivity contribution in [3.05, 3.63) is 30.1 Å². The molecular formula is C14H20N4O2S. The molecule has 0 amide bonds. The van der Waals surface area contributed by atoms with E-state index in [1.54, 1.807) is 4.31 Å². The van der Waals surface area contributed by atoms with Gasteiger partial charge in [0.1, 0.15) is 5.82 Å². The molecule has 3 rings (SSSR count). The molecule has 114 valence electrons. The van der Waals surface area contributed by atoms with Crippen LogP contribution in [0.15, 0.2) is 24.3 Å². The van der Waals surface area contributed by atoms with Crippen molar-refractivity contribution >= 4 is 21.2 Å². The summed E-state index contributed by atoms with van der Waals surface area (Å²) in [6.45, 7) is 1.40. The summed E-state index contributed by atoms with van der Waals surface area (Å²) in [6.07, 6.45) is 4.09. The molecular weight excluding hydrogens is 288 g/mol. The lowest BCUT2D eigenvalue weighted by Gasteiger charge is -2.19. The number of para-hydroxylation sites is 2. The first kappa shape index (κ1) is 14.5. The molecule has 0 bridgehead atoms. The minimum absolute atomic E-state index is 0.188. The predicted molar refractivity (Wildman–Crippen MR) is 81.9 cm³/mol. The number of aromatic nitrogens is 2. The molecule has 0 spiro atoms. The van der Waals surface area contributed by atoms with Crippen LogP contribution in [0.4, 0.5) is 0 Å². The molecule has 0 radical (unpaired) electrons. The van der Waals surface area contributed by atoms with Gasteiger partial charge < -0.3 is 4.98 Å². The smallest absolute Gasteiger partial charge is 0.279 e. The number of benzene rings is 1. The molecule has 1 saturated heterocycles. The van der Waals surface area contributed by atoms with E-state index in [0.29, 0.717) is 18.9 Å². The zero-order valence-electron chi connectivity index (χ0n) is 11.9.